The van der Waals surface area contributed by atoms with Crippen molar-refractivity contribution in [1.82, 2.24) is 0 Å². The molecule has 0 aliphatic carbocycles. The van der Waals surface area contributed by atoms with Gasteiger partial charge in [-0.15, -0.1) is 0 Å². The van der Waals surface area contributed by atoms with Crippen molar-refractivity contribution in [3.63, 3.8) is 0 Å². The molecule has 0 radical (unpaired) electrons. The predicted molar refractivity (Wildman–Crippen MR) is 198 cm³/mol. The molecule has 0 atom stereocenters. The normalized spacial score (nSPS) is 11.5. The van der Waals surface area contributed by atoms with Crippen molar-refractivity contribution in [2.45, 2.75) is 33.2 Å². The van der Waals surface area contributed by atoms with E-state index in [0.29, 0.717) is 16.3 Å². The van der Waals surface area contributed by atoms with Gasteiger partial charge >= 0.3 is 13.2 Å². The van der Waals surface area contributed by atoms with Gasteiger partial charge in [0.2, 0.25) is 11.0 Å². The summed E-state index contributed by atoms with van der Waals surface area (Å²) in [5, 5.41) is 11.0. The highest BCUT2D eigenvalue weighted by Gasteiger charge is 2.28. The van der Waals surface area contributed by atoms with Crippen LogP contribution in [0.5, 0.6) is 5.75 Å². The Morgan fingerprint density at radius 2 is 1.32 bits per heavy atom. The number of aryl methyl sites for hydroxylation is 1. The first-order valence-corrected chi connectivity index (χ1v) is 16.9. The second-order valence-electron chi connectivity index (χ2n) is 11.9. The molecule has 4 nitrogen and oxygen atoms in total. The van der Waals surface area contributed by atoms with Crippen LogP contribution in [0.3, 0.4) is 0 Å². The van der Waals surface area contributed by atoms with Crippen LogP contribution in [0.15, 0.2) is 115 Å². The number of benzene rings is 6. The molecule has 10 heteroatoms. The fourth-order valence-corrected chi connectivity index (χ4v) is 6.62. The van der Waals surface area contributed by atoms with Crippen LogP contribution in [-0.2, 0) is 6.54 Å². The summed E-state index contributed by atoms with van der Waals surface area (Å²) in [4.78, 5) is 13.6. The Labute approximate surface area is 292 Å². The highest BCUT2D eigenvalue weighted by atomic mass is 35.5. The molecule has 0 saturated carbocycles. The van der Waals surface area contributed by atoms with Gasteiger partial charge in [-0.2, -0.15) is 4.57 Å². The molecule has 0 bridgehead atoms. The molecule has 7 aromatic rings. The number of nitrogens with one attached hydrogen (secondary N) is 1. The third-order valence-electron chi connectivity index (χ3n) is 8.47. The summed E-state index contributed by atoms with van der Waals surface area (Å²) in [6.07, 6.45) is 1.94. The molecule has 0 spiro atoms. The number of carbonyl (C=O) groups excluding carboxylic acids is 1. The lowest BCUT2D eigenvalue weighted by Gasteiger charge is -2.20. The van der Waals surface area contributed by atoms with Crippen LogP contribution in [0.25, 0.3) is 54.5 Å². The standard InChI is InChI=1S/C40H33ClN2O2.BF4/c1-3-24-42-32-22-18-26-10-5-7-12-30(26)36(32)39-37-31-13-8-6-11-27(31)19-23-34(37)43(25-4-2)33-14-9-15-35(38(33)39)45-40(44)28-16-20-29(41)21-17-28;2-1(3,4)5/h5-23H,3-4,24-25H2,1-2H3;/q;-1/p+1. The summed E-state index contributed by atoms with van der Waals surface area (Å²) in [6, 6.07) is 38.8. The number of halogens is 5. The molecule has 7 rings (SSSR count). The van der Waals surface area contributed by atoms with Crippen molar-refractivity contribution in [2.75, 3.05) is 11.9 Å². The first-order valence-electron chi connectivity index (χ1n) is 16.5. The molecule has 50 heavy (non-hydrogen) atoms. The van der Waals surface area contributed by atoms with Gasteiger partial charge in [-0.05, 0) is 70.4 Å². The van der Waals surface area contributed by atoms with E-state index in [9.17, 15) is 22.1 Å². The van der Waals surface area contributed by atoms with Gasteiger partial charge in [-0.3, -0.25) is 0 Å². The number of rotatable bonds is 8. The van der Waals surface area contributed by atoms with Crippen molar-refractivity contribution in [3.8, 4) is 16.9 Å². The van der Waals surface area contributed by atoms with Gasteiger partial charge in [0.1, 0.15) is 12.3 Å². The monoisotopic (exact) mass is 696 g/mol. The Balaban J connectivity index is 0.000000808. The average Bonchev–Trinajstić information content (AvgIpc) is 3.10. The number of hydrogen-bond donors (Lipinski definition) is 1. The molecule has 1 aromatic heterocycles. The molecule has 0 fully saturated rings. The zero-order valence-electron chi connectivity index (χ0n) is 27.5. The fraction of sp³-hybridized carbons (Fsp3) is 0.150. The molecule has 0 aliphatic heterocycles. The van der Waals surface area contributed by atoms with Crippen molar-refractivity contribution < 1.29 is 31.4 Å². The van der Waals surface area contributed by atoms with Crippen molar-refractivity contribution in [1.29, 1.82) is 0 Å². The summed E-state index contributed by atoms with van der Waals surface area (Å²) in [6.45, 7) is 6.03. The van der Waals surface area contributed by atoms with Crippen LogP contribution >= 0.6 is 11.6 Å². The molecule has 1 heterocycles. The van der Waals surface area contributed by atoms with E-state index in [1.54, 1.807) is 24.3 Å². The van der Waals surface area contributed by atoms with Gasteiger partial charge < -0.3 is 27.3 Å². The molecule has 0 unspecified atom stereocenters. The lowest BCUT2D eigenvalue weighted by atomic mass is 9.88. The Morgan fingerprint density at radius 3 is 2.00 bits per heavy atom. The van der Waals surface area contributed by atoms with Crippen LogP contribution in [0.2, 0.25) is 5.02 Å². The first-order chi connectivity index (χ1) is 24.1. The molecule has 0 amide bonds. The summed E-state index contributed by atoms with van der Waals surface area (Å²) in [5.74, 6) is 0.101. The van der Waals surface area contributed by atoms with Crippen LogP contribution in [0, 0.1) is 0 Å². The minimum Gasteiger partial charge on any atom is -0.422 e. The number of nitrogens with zero attached hydrogens (tertiary/aromatic N) is 1. The second-order valence-corrected chi connectivity index (χ2v) is 12.3. The number of hydrogen-bond acceptors (Lipinski definition) is 3. The van der Waals surface area contributed by atoms with Gasteiger partial charge in [0.25, 0.3) is 0 Å². The number of pyridine rings is 1. The molecule has 0 saturated heterocycles. The molecular weight excluding hydrogens is 663 g/mol. The summed E-state index contributed by atoms with van der Waals surface area (Å²) in [5.41, 5.74) is 5.82. The summed E-state index contributed by atoms with van der Waals surface area (Å²) < 4.78 is 47.7. The number of fused-ring (bicyclic) bond motifs is 5. The van der Waals surface area contributed by atoms with Gasteiger partial charge in [0, 0.05) is 46.9 Å². The Kier molecular flexibility index (Phi) is 10.2. The topological polar surface area (TPSA) is 42.2 Å². The van der Waals surface area contributed by atoms with Crippen LogP contribution in [0.4, 0.5) is 23.0 Å². The minimum atomic E-state index is -6.00. The maximum absolute atomic E-state index is 13.6. The fourth-order valence-electron chi connectivity index (χ4n) is 6.49. The Bertz CT molecular complexity index is 2340. The number of carbonyl (C=O) groups is 1. The van der Waals surface area contributed by atoms with E-state index in [4.69, 9.17) is 16.3 Å². The highest BCUT2D eigenvalue weighted by Crippen LogP contribution is 2.47. The number of aromatic nitrogens is 1. The lowest BCUT2D eigenvalue weighted by Crippen LogP contribution is -2.35. The Hall–Kier alpha value is -5.15. The maximum Gasteiger partial charge on any atom is 0.673 e. The average molecular weight is 697 g/mol. The number of anilines is 1. The van der Waals surface area contributed by atoms with E-state index < -0.39 is 13.2 Å². The van der Waals surface area contributed by atoms with Crippen molar-refractivity contribution in [3.05, 3.63) is 126 Å². The SMILES string of the molecule is CCCNc1ccc2ccccc2c1-c1c2c(OC(=O)c3ccc(Cl)cc3)cccc2[n+](CCC)c2ccc3ccccc3c12.F[B-](F)(F)F. The van der Waals surface area contributed by atoms with Crippen LogP contribution in [-0.4, -0.2) is 19.8 Å². The van der Waals surface area contributed by atoms with E-state index in [0.717, 1.165) is 86.1 Å². The minimum absolute atomic E-state index is 0.424. The Morgan fingerprint density at radius 1 is 0.700 bits per heavy atom. The van der Waals surface area contributed by atoms with Gasteiger partial charge in [0.15, 0.2) is 0 Å². The zero-order valence-corrected chi connectivity index (χ0v) is 28.3. The molecule has 254 valence electrons. The molecule has 0 aliphatic rings. The second kappa shape index (κ2) is 14.8. The molecule has 1 N–H and O–H groups in total. The largest absolute Gasteiger partial charge is 0.673 e. The molecule has 6 aromatic carbocycles. The van der Waals surface area contributed by atoms with E-state index in [-0.39, 0.29) is 0 Å². The van der Waals surface area contributed by atoms with Crippen molar-refractivity contribution in [2.24, 2.45) is 0 Å². The highest BCUT2D eigenvalue weighted by molar-refractivity contribution is 6.50. The smallest absolute Gasteiger partial charge is 0.422 e. The third-order valence-corrected chi connectivity index (χ3v) is 8.72. The van der Waals surface area contributed by atoms with Gasteiger partial charge in [-0.1, -0.05) is 86.1 Å². The van der Waals surface area contributed by atoms with Gasteiger partial charge in [-0.25, -0.2) is 4.79 Å². The lowest BCUT2D eigenvalue weighted by molar-refractivity contribution is -0.645. The van der Waals surface area contributed by atoms with Crippen LogP contribution < -0.4 is 14.6 Å². The molecular formula is C40H34BClF4N2O2. The van der Waals surface area contributed by atoms with E-state index >= 15 is 0 Å². The third kappa shape index (κ3) is 7.24. The summed E-state index contributed by atoms with van der Waals surface area (Å²) >= 11 is 6.13. The first kappa shape index (κ1) is 34.7. The van der Waals surface area contributed by atoms with E-state index in [2.05, 4.69) is 103 Å². The number of ether oxygens (including phenoxy) is 1. The maximum atomic E-state index is 13.6. The van der Waals surface area contributed by atoms with Gasteiger partial charge in [0.05, 0.1) is 16.3 Å². The number of esters is 1. The zero-order chi connectivity index (χ0) is 35.4. The van der Waals surface area contributed by atoms with Crippen LogP contribution in [0.1, 0.15) is 37.0 Å². The van der Waals surface area contributed by atoms with Crippen molar-refractivity contribution >= 4 is 73.9 Å². The van der Waals surface area contributed by atoms with E-state index in [1.165, 1.54) is 0 Å². The van der Waals surface area contributed by atoms with E-state index in [1.807, 2.05) is 12.1 Å². The predicted octanol–water partition coefficient (Wildman–Crippen LogP) is 11.7. The summed E-state index contributed by atoms with van der Waals surface area (Å²) in [7, 11) is -6.00. The quantitative estimate of drug-likeness (QED) is 0.0327.